The topological polar surface area (TPSA) is 56.6 Å². The fourth-order valence-electron chi connectivity index (χ4n) is 4.88. The third-order valence-electron chi connectivity index (χ3n) is 7.27. The maximum absolute atomic E-state index is 15.1. The number of likely N-dealkylation sites (N-methyl/N-ethyl adjacent to an activating group) is 1. The number of nitrogens with one attached hydrogen (secondary N) is 2. The number of rotatable bonds is 6. The molecule has 2 aliphatic rings. The van der Waals surface area contributed by atoms with Crippen LogP contribution < -0.4 is 21.3 Å². The lowest BCUT2D eigenvalue weighted by Gasteiger charge is -2.44. The Labute approximate surface area is 226 Å². The minimum Gasteiger partial charge on any atom is -0.399 e. The SMILES string of the molecule is C=C1C=C(C(F)(F)F)C(C(=C)Nc2cc(-c3ccc(C(=C)N)cc3F)ccc2N2CC(C)N(C)C(C)C2)=CN1. The van der Waals surface area contributed by atoms with E-state index in [4.69, 9.17) is 5.73 Å². The van der Waals surface area contributed by atoms with Crippen LogP contribution in [-0.4, -0.2) is 43.3 Å². The van der Waals surface area contributed by atoms with Crippen molar-refractivity contribution >= 4 is 17.1 Å². The lowest BCUT2D eigenvalue weighted by molar-refractivity contribution is -0.0893. The molecule has 1 fully saturated rings. The van der Waals surface area contributed by atoms with Crippen LogP contribution in [-0.2, 0) is 0 Å². The van der Waals surface area contributed by atoms with E-state index in [1.165, 1.54) is 12.3 Å². The van der Waals surface area contributed by atoms with Gasteiger partial charge in [0.15, 0.2) is 0 Å². The van der Waals surface area contributed by atoms with Crippen molar-refractivity contribution in [1.29, 1.82) is 0 Å². The second-order valence-corrected chi connectivity index (χ2v) is 10.1. The molecule has 2 aromatic carbocycles. The Balaban J connectivity index is 1.76. The summed E-state index contributed by atoms with van der Waals surface area (Å²) in [5.41, 5.74) is 7.79. The van der Waals surface area contributed by atoms with E-state index in [9.17, 15) is 13.2 Å². The maximum atomic E-state index is 15.1. The molecule has 1 saturated heterocycles. The number of allylic oxidation sites excluding steroid dienone is 2. The molecule has 0 amide bonds. The highest BCUT2D eigenvalue weighted by molar-refractivity contribution is 5.81. The van der Waals surface area contributed by atoms with Crippen molar-refractivity contribution in [1.82, 2.24) is 10.2 Å². The Hall–Kier alpha value is -3.98. The van der Waals surface area contributed by atoms with Gasteiger partial charge in [-0.25, -0.2) is 4.39 Å². The number of anilines is 2. The highest BCUT2D eigenvalue weighted by atomic mass is 19.4. The summed E-state index contributed by atoms with van der Waals surface area (Å²) in [5, 5.41) is 5.85. The Bertz CT molecular complexity index is 1380. The van der Waals surface area contributed by atoms with Crippen LogP contribution in [0.5, 0.6) is 0 Å². The van der Waals surface area contributed by atoms with Crippen LogP contribution in [0, 0.1) is 5.82 Å². The number of nitrogens with zero attached hydrogens (tertiary/aromatic N) is 2. The fraction of sp³-hybridized carbons (Fsp3) is 0.267. The van der Waals surface area contributed by atoms with Gasteiger partial charge in [0.2, 0.25) is 0 Å². The Morgan fingerprint density at radius 2 is 1.74 bits per heavy atom. The number of halogens is 4. The quantitative estimate of drug-likeness (QED) is 0.373. The highest BCUT2D eigenvalue weighted by Crippen LogP contribution is 2.39. The van der Waals surface area contributed by atoms with E-state index in [0.29, 0.717) is 35.5 Å². The average Bonchev–Trinajstić information content (AvgIpc) is 2.86. The molecule has 0 aromatic heterocycles. The second kappa shape index (κ2) is 10.6. The summed E-state index contributed by atoms with van der Waals surface area (Å²) in [6.07, 6.45) is -2.42. The summed E-state index contributed by atoms with van der Waals surface area (Å²) < 4.78 is 56.7. The number of hydrogen-bond donors (Lipinski definition) is 3. The first-order valence-electron chi connectivity index (χ1n) is 12.5. The molecule has 206 valence electrons. The monoisotopic (exact) mass is 539 g/mol. The summed E-state index contributed by atoms with van der Waals surface area (Å²) in [4.78, 5) is 4.47. The molecule has 0 spiro atoms. The molecule has 2 unspecified atom stereocenters. The normalized spacial score (nSPS) is 20.2. The van der Waals surface area contributed by atoms with Crippen molar-refractivity contribution in [2.75, 3.05) is 30.4 Å². The predicted molar refractivity (Wildman–Crippen MR) is 151 cm³/mol. The van der Waals surface area contributed by atoms with E-state index in [-0.39, 0.29) is 34.7 Å². The smallest absolute Gasteiger partial charge is 0.399 e. The van der Waals surface area contributed by atoms with Gasteiger partial charge in [0.25, 0.3) is 0 Å². The number of alkyl halides is 3. The van der Waals surface area contributed by atoms with Crippen molar-refractivity contribution < 1.29 is 17.6 Å². The molecule has 9 heteroatoms. The van der Waals surface area contributed by atoms with Crippen LogP contribution in [0.3, 0.4) is 0 Å². The second-order valence-electron chi connectivity index (χ2n) is 10.1. The Kier molecular flexibility index (Phi) is 7.66. The lowest BCUT2D eigenvalue weighted by Crippen LogP contribution is -2.55. The van der Waals surface area contributed by atoms with Gasteiger partial charge in [-0.05, 0) is 56.3 Å². The molecule has 0 aliphatic carbocycles. The lowest BCUT2D eigenvalue weighted by atomic mass is 9.98. The maximum Gasteiger partial charge on any atom is 0.417 e. The first-order valence-corrected chi connectivity index (χ1v) is 12.5. The largest absolute Gasteiger partial charge is 0.417 e. The number of hydrogen-bond acceptors (Lipinski definition) is 5. The summed E-state index contributed by atoms with van der Waals surface area (Å²) in [5.74, 6) is -0.488. The molecule has 2 aromatic rings. The summed E-state index contributed by atoms with van der Waals surface area (Å²) in [6.45, 7) is 16.8. The zero-order chi connectivity index (χ0) is 28.6. The third-order valence-corrected chi connectivity index (χ3v) is 7.27. The van der Waals surface area contributed by atoms with Gasteiger partial charge < -0.3 is 21.3 Å². The zero-order valence-electron chi connectivity index (χ0n) is 22.3. The summed E-state index contributed by atoms with van der Waals surface area (Å²) in [7, 11) is 2.07. The molecular weight excluding hydrogens is 506 g/mol. The molecule has 2 aliphatic heterocycles. The van der Waals surface area contributed by atoms with Gasteiger partial charge in [0.05, 0.1) is 16.9 Å². The molecule has 5 nitrogen and oxygen atoms in total. The van der Waals surface area contributed by atoms with E-state index in [2.05, 4.69) is 61.1 Å². The van der Waals surface area contributed by atoms with Crippen molar-refractivity contribution in [2.24, 2.45) is 5.73 Å². The van der Waals surface area contributed by atoms with Crippen LogP contribution in [0.2, 0.25) is 0 Å². The first kappa shape index (κ1) is 28.0. The van der Waals surface area contributed by atoms with Gasteiger partial charge in [-0.2, -0.15) is 13.2 Å². The Morgan fingerprint density at radius 1 is 1.08 bits per heavy atom. The van der Waals surface area contributed by atoms with E-state index in [1.807, 2.05) is 6.07 Å². The van der Waals surface area contributed by atoms with Crippen molar-refractivity contribution in [3.05, 3.63) is 102 Å². The first-order chi connectivity index (χ1) is 18.3. The van der Waals surface area contributed by atoms with Gasteiger partial charge in [-0.1, -0.05) is 37.9 Å². The molecule has 0 bridgehead atoms. The molecule has 2 atom stereocenters. The highest BCUT2D eigenvalue weighted by Gasteiger charge is 2.38. The summed E-state index contributed by atoms with van der Waals surface area (Å²) in [6, 6.07) is 10.5. The number of nitrogens with two attached hydrogens (primary N) is 1. The summed E-state index contributed by atoms with van der Waals surface area (Å²) >= 11 is 0. The molecule has 2 heterocycles. The van der Waals surface area contributed by atoms with E-state index >= 15 is 4.39 Å². The average molecular weight is 540 g/mol. The fourth-order valence-corrected chi connectivity index (χ4v) is 4.88. The standard InChI is InChI=1S/C30H33F4N5/c1-17-11-26(30(32,33)34)25(14-36-17)21(5)37-28-13-23(24-9-7-22(20(4)35)12-27(24)31)8-10-29(28)39-15-18(2)38(6)19(3)16-39/h7-14,18-19,36-37H,1,4-5,15-16,35H2,2-3,6H3. The van der Waals surface area contributed by atoms with E-state index in [1.54, 1.807) is 24.3 Å². The van der Waals surface area contributed by atoms with Crippen LogP contribution >= 0.6 is 0 Å². The third kappa shape index (κ3) is 5.88. The van der Waals surface area contributed by atoms with Crippen molar-refractivity contribution in [3.63, 3.8) is 0 Å². The minimum absolute atomic E-state index is 0.0439. The van der Waals surface area contributed by atoms with Crippen LogP contribution in [0.15, 0.2) is 91.0 Å². The molecule has 0 radical (unpaired) electrons. The molecular formula is C30H33F4N5. The number of benzene rings is 2. The van der Waals surface area contributed by atoms with Gasteiger partial charge in [0.1, 0.15) is 5.82 Å². The van der Waals surface area contributed by atoms with E-state index < -0.39 is 17.6 Å². The predicted octanol–water partition coefficient (Wildman–Crippen LogP) is 6.37. The number of piperazine rings is 1. The number of dihydropyridines is 1. The van der Waals surface area contributed by atoms with E-state index in [0.717, 1.165) is 11.8 Å². The van der Waals surface area contributed by atoms with Crippen LogP contribution in [0.25, 0.3) is 16.8 Å². The van der Waals surface area contributed by atoms with Crippen molar-refractivity contribution in [3.8, 4) is 11.1 Å². The molecule has 4 rings (SSSR count). The molecule has 39 heavy (non-hydrogen) atoms. The van der Waals surface area contributed by atoms with Crippen molar-refractivity contribution in [2.45, 2.75) is 32.1 Å². The minimum atomic E-state index is -4.60. The van der Waals surface area contributed by atoms with Gasteiger partial charge >= 0.3 is 6.18 Å². The zero-order valence-corrected chi connectivity index (χ0v) is 22.3. The van der Waals surface area contributed by atoms with Gasteiger partial charge in [0, 0.05) is 59.6 Å². The Morgan fingerprint density at radius 3 is 2.33 bits per heavy atom. The van der Waals surface area contributed by atoms with Gasteiger partial charge in [-0.15, -0.1) is 0 Å². The molecule has 4 N–H and O–H groups in total. The van der Waals surface area contributed by atoms with Gasteiger partial charge in [-0.3, -0.25) is 4.90 Å². The molecule has 0 saturated carbocycles. The van der Waals surface area contributed by atoms with Crippen LogP contribution in [0.4, 0.5) is 28.9 Å². The van der Waals surface area contributed by atoms with Crippen LogP contribution in [0.1, 0.15) is 19.4 Å².